The number of carbonyl (C=O) groups is 2. The van der Waals surface area contributed by atoms with E-state index in [1.807, 2.05) is 50.2 Å². The van der Waals surface area contributed by atoms with Crippen molar-refractivity contribution >= 4 is 17.8 Å². The van der Waals surface area contributed by atoms with Gasteiger partial charge in [0.05, 0.1) is 6.10 Å². The first-order valence-corrected chi connectivity index (χ1v) is 9.26. The maximum atomic E-state index is 12.5. The van der Waals surface area contributed by atoms with Crippen LogP contribution in [0, 0.1) is 13.8 Å². The van der Waals surface area contributed by atoms with E-state index in [0.717, 1.165) is 42.9 Å². The lowest BCUT2D eigenvalue weighted by Crippen LogP contribution is -2.18. The van der Waals surface area contributed by atoms with E-state index in [1.54, 1.807) is 6.08 Å². The van der Waals surface area contributed by atoms with Crippen LogP contribution in [0.3, 0.4) is 0 Å². The number of Topliss-reactive ketones (excluding diaryl/α,β-unsaturated/α-hetero) is 1. The summed E-state index contributed by atoms with van der Waals surface area (Å²) in [5.74, 6) is -0.719. The van der Waals surface area contributed by atoms with Crippen LogP contribution in [-0.2, 0) is 20.8 Å². The standard InChI is InChI=1S/C22H25NO4/c1-16-13-20(17(2)23(16)14-19-9-6-12-26-19)21(24)15-27-22(25)11-10-18-7-4-3-5-8-18/h3-5,7-8,10-11,13,19H,6,9,12,14-15H2,1-2H3/b11-10+/t19-/m0/s1. The third kappa shape index (κ3) is 4.95. The summed E-state index contributed by atoms with van der Waals surface area (Å²) in [4.78, 5) is 24.4. The predicted octanol–water partition coefficient (Wildman–Crippen LogP) is 3.72. The van der Waals surface area contributed by atoms with Crippen LogP contribution in [0.15, 0.2) is 42.5 Å². The molecule has 0 N–H and O–H groups in total. The number of esters is 1. The lowest BCUT2D eigenvalue weighted by Gasteiger charge is -2.14. The normalized spacial score (nSPS) is 16.7. The van der Waals surface area contributed by atoms with Gasteiger partial charge in [-0.3, -0.25) is 4.79 Å². The summed E-state index contributed by atoms with van der Waals surface area (Å²) in [6.07, 6.45) is 5.34. The van der Waals surface area contributed by atoms with Crippen LogP contribution < -0.4 is 0 Å². The number of rotatable bonds is 7. The molecule has 5 heteroatoms. The molecule has 1 saturated heterocycles. The molecule has 3 rings (SSSR count). The Labute approximate surface area is 159 Å². The van der Waals surface area contributed by atoms with Gasteiger partial charge in [-0.15, -0.1) is 0 Å². The largest absolute Gasteiger partial charge is 0.454 e. The molecular weight excluding hydrogens is 342 g/mol. The van der Waals surface area contributed by atoms with Gasteiger partial charge in [0.1, 0.15) is 0 Å². The molecule has 2 heterocycles. The number of hydrogen-bond acceptors (Lipinski definition) is 4. The number of carbonyl (C=O) groups excluding carboxylic acids is 2. The van der Waals surface area contributed by atoms with Crippen LogP contribution >= 0.6 is 0 Å². The fourth-order valence-corrected chi connectivity index (χ4v) is 3.35. The first-order valence-electron chi connectivity index (χ1n) is 9.26. The number of aryl methyl sites for hydroxylation is 1. The van der Waals surface area contributed by atoms with Crippen LogP contribution in [-0.4, -0.2) is 35.6 Å². The first kappa shape index (κ1) is 19.1. The van der Waals surface area contributed by atoms with Crippen molar-refractivity contribution in [1.82, 2.24) is 4.57 Å². The van der Waals surface area contributed by atoms with Gasteiger partial charge in [-0.1, -0.05) is 30.3 Å². The Kier molecular flexibility index (Phi) is 6.24. The van der Waals surface area contributed by atoms with E-state index < -0.39 is 5.97 Å². The molecule has 142 valence electrons. The Hall–Kier alpha value is -2.66. The van der Waals surface area contributed by atoms with Gasteiger partial charge in [-0.05, 0) is 44.4 Å². The molecule has 0 unspecified atom stereocenters. The van der Waals surface area contributed by atoms with E-state index in [-0.39, 0.29) is 18.5 Å². The van der Waals surface area contributed by atoms with Crippen molar-refractivity contribution in [3.8, 4) is 0 Å². The summed E-state index contributed by atoms with van der Waals surface area (Å²) in [5.41, 5.74) is 3.41. The maximum absolute atomic E-state index is 12.5. The first-order chi connectivity index (χ1) is 13.0. The number of aromatic nitrogens is 1. The average Bonchev–Trinajstić information content (AvgIpc) is 3.29. The molecule has 0 amide bonds. The van der Waals surface area contributed by atoms with Crippen LogP contribution in [0.2, 0.25) is 0 Å². The molecule has 0 bridgehead atoms. The number of nitrogens with zero attached hydrogens (tertiary/aromatic N) is 1. The van der Waals surface area contributed by atoms with Crippen molar-refractivity contribution in [2.24, 2.45) is 0 Å². The number of ether oxygens (including phenoxy) is 2. The highest BCUT2D eigenvalue weighted by atomic mass is 16.5. The molecule has 2 aromatic rings. The van der Waals surface area contributed by atoms with E-state index in [2.05, 4.69) is 4.57 Å². The second-order valence-electron chi connectivity index (χ2n) is 6.81. The van der Waals surface area contributed by atoms with Gasteiger partial charge in [0, 0.05) is 36.2 Å². The lowest BCUT2D eigenvalue weighted by molar-refractivity contribution is -0.136. The monoisotopic (exact) mass is 367 g/mol. The molecule has 0 saturated carbocycles. The highest BCUT2D eigenvalue weighted by Gasteiger charge is 2.21. The molecule has 1 aromatic heterocycles. The van der Waals surface area contributed by atoms with Crippen LogP contribution in [0.25, 0.3) is 6.08 Å². The number of hydrogen-bond donors (Lipinski definition) is 0. The molecule has 27 heavy (non-hydrogen) atoms. The Morgan fingerprint density at radius 3 is 2.74 bits per heavy atom. The molecule has 0 spiro atoms. The van der Waals surface area contributed by atoms with Gasteiger partial charge >= 0.3 is 5.97 Å². The van der Waals surface area contributed by atoms with Gasteiger partial charge in [0.2, 0.25) is 5.78 Å². The van der Waals surface area contributed by atoms with Gasteiger partial charge < -0.3 is 14.0 Å². The molecule has 1 atom stereocenters. The van der Waals surface area contributed by atoms with E-state index in [0.29, 0.717) is 5.56 Å². The van der Waals surface area contributed by atoms with Crippen molar-refractivity contribution in [3.05, 3.63) is 65.0 Å². The molecule has 5 nitrogen and oxygen atoms in total. The zero-order valence-electron chi connectivity index (χ0n) is 15.8. The summed E-state index contributed by atoms with van der Waals surface area (Å²) in [7, 11) is 0. The van der Waals surface area contributed by atoms with Crippen molar-refractivity contribution in [3.63, 3.8) is 0 Å². The minimum Gasteiger partial charge on any atom is -0.454 e. The van der Waals surface area contributed by atoms with Gasteiger partial charge in [-0.25, -0.2) is 4.79 Å². The SMILES string of the molecule is Cc1cc(C(=O)COC(=O)/C=C/c2ccccc2)c(C)n1C[C@@H]1CCCO1. The molecular formula is C22H25NO4. The van der Waals surface area contributed by atoms with Crippen molar-refractivity contribution < 1.29 is 19.1 Å². The van der Waals surface area contributed by atoms with E-state index in [4.69, 9.17) is 9.47 Å². The molecule has 1 fully saturated rings. The van der Waals surface area contributed by atoms with Gasteiger partial charge in [0.25, 0.3) is 0 Å². The molecule has 0 radical (unpaired) electrons. The Bertz CT molecular complexity index is 829. The molecule has 1 aliphatic rings. The molecule has 1 aromatic carbocycles. The third-order valence-electron chi connectivity index (χ3n) is 4.84. The lowest BCUT2D eigenvalue weighted by atomic mass is 10.1. The van der Waals surface area contributed by atoms with E-state index in [9.17, 15) is 9.59 Å². The van der Waals surface area contributed by atoms with Crippen LogP contribution in [0.1, 0.15) is 40.2 Å². The quantitative estimate of drug-likeness (QED) is 0.425. The maximum Gasteiger partial charge on any atom is 0.331 e. The summed E-state index contributed by atoms with van der Waals surface area (Å²) in [6, 6.07) is 11.3. The number of ketones is 1. The summed E-state index contributed by atoms with van der Waals surface area (Å²) < 4.78 is 12.9. The zero-order valence-corrected chi connectivity index (χ0v) is 15.8. The van der Waals surface area contributed by atoms with Crippen molar-refractivity contribution in [1.29, 1.82) is 0 Å². The van der Waals surface area contributed by atoms with Crippen molar-refractivity contribution in [2.45, 2.75) is 39.3 Å². The summed E-state index contributed by atoms with van der Waals surface area (Å²) >= 11 is 0. The second-order valence-corrected chi connectivity index (χ2v) is 6.81. The molecule has 1 aliphatic heterocycles. The fraction of sp³-hybridized carbons (Fsp3) is 0.364. The zero-order chi connectivity index (χ0) is 19.2. The highest BCUT2D eigenvalue weighted by Crippen LogP contribution is 2.20. The average molecular weight is 367 g/mol. The smallest absolute Gasteiger partial charge is 0.331 e. The Morgan fingerprint density at radius 2 is 2.04 bits per heavy atom. The minimum atomic E-state index is -0.527. The van der Waals surface area contributed by atoms with Crippen molar-refractivity contribution in [2.75, 3.05) is 13.2 Å². The van der Waals surface area contributed by atoms with Gasteiger partial charge in [0.15, 0.2) is 6.61 Å². The van der Waals surface area contributed by atoms with E-state index in [1.165, 1.54) is 6.08 Å². The Balaban J connectivity index is 1.57. The summed E-state index contributed by atoms with van der Waals surface area (Å²) in [5, 5.41) is 0. The fourth-order valence-electron chi connectivity index (χ4n) is 3.35. The topological polar surface area (TPSA) is 57.5 Å². The minimum absolute atomic E-state index is 0.192. The van der Waals surface area contributed by atoms with Crippen LogP contribution in [0.4, 0.5) is 0 Å². The number of benzene rings is 1. The Morgan fingerprint density at radius 1 is 1.26 bits per heavy atom. The van der Waals surface area contributed by atoms with Crippen LogP contribution in [0.5, 0.6) is 0 Å². The highest BCUT2D eigenvalue weighted by molar-refractivity contribution is 6.00. The second kappa shape index (κ2) is 8.82. The predicted molar refractivity (Wildman–Crippen MR) is 104 cm³/mol. The van der Waals surface area contributed by atoms with Gasteiger partial charge in [-0.2, -0.15) is 0 Å². The molecule has 0 aliphatic carbocycles. The summed E-state index contributed by atoms with van der Waals surface area (Å²) in [6.45, 7) is 5.20. The third-order valence-corrected chi connectivity index (χ3v) is 4.84. The van der Waals surface area contributed by atoms with E-state index >= 15 is 0 Å².